The summed E-state index contributed by atoms with van der Waals surface area (Å²) < 4.78 is 37.2. The zero-order chi connectivity index (χ0) is 17.0. The number of alkyl halides is 1. The van der Waals surface area contributed by atoms with Crippen molar-refractivity contribution in [1.29, 1.82) is 0 Å². The van der Waals surface area contributed by atoms with E-state index in [2.05, 4.69) is 15.9 Å². The van der Waals surface area contributed by atoms with Gasteiger partial charge in [0, 0.05) is 10.6 Å². The second-order valence-electron chi connectivity index (χ2n) is 4.48. The third-order valence-electron chi connectivity index (χ3n) is 2.58. The molecule has 0 saturated carbocycles. The fraction of sp³-hybridized carbons (Fsp3) is 0.500. The van der Waals surface area contributed by atoms with E-state index in [0.29, 0.717) is 33.8 Å². The number of aliphatic hydroxyl groups is 1. The summed E-state index contributed by atoms with van der Waals surface area (Å²) in [5.74, 6) is -0.949. The minimum Gasteiger partial charge on any atom is -0.394 e. The first kappa shape index (κ1) is 20.1. The van der Waals surface area contributed by atoms with Crippen LogP contribution in [0.5, 0.6) is 0 Å². The van der Waals surface area contributed by atoms with Crippen LogP contribution in [0.1, 0.15) is 5.56 Å². The van der Waals surface area contributed by atoms with Crippen LogP contribution < -0.4 is 0 Å². The molecule has 0 aliphatic carbocycles. The van der Waals surface area contributed by atoms with Gasteiger partial charge in [0.15, 0.2) is 0 Å². The van der Waals surface area contributed by atoms with Crippen molar-refractivity contribution >= 4 is 49.2 Å². The Hall–Kier alpha value is 0.0700. The highest BCUT2D eigenvalue weighted by molar-refractivity contribution is 9.09. The molecule has 1 aromatic carbocycles. The molecule has 1 fully saturated rings. The molecule has 22 heavy (non-hydrogen) atoms. The van der Waals surface area contributed by atoms with Gasteiger partial charge in [0.1, 0.15) is 6.10 Å². The molecule has 2 rings (SSSR count). The summed E-state index contributed by atoms with van der Waals surface area (Å²) in [5.41, 5.74) is 0.705. The van der Waals surface area contributed by atoms with E-state index >= 15 is 0 Å². The highest BCUT2D eigenvalue weighted by atomic mass is 79.9. The van der Waals surface area contributed by atoms with Crippen molar-refractivity contribution in [3.05, 3.63) is 33.8 Å². The number of ether oxygens (including phenoxy) is 2. The van der Waals surface area contributed by atoms with Crippen LogP contribution in [0.3, 0.4) is 0 Å². The molecule has 0 amide bonds. The Balaban J connectivity index is 0.000000422. The monoisotopic (exact) mass is 436 g/mol. The summed E-state index contributed by atoms with van der Waals surface area (Å²) >= 11 is 15.3. The SMILES string of the molecule is CS(=O)(=O)O.OCC1COC(CBr)(c2ccc(Cl)cc2Cl)O1. The largest absolute Gasteiger partial charge is 0.394 e. The van der Waals surface area contributed by atoms with E-state index in [-0.39, 0.29) is 12.7 Å². The van der Waals surface area contributed by atoms with Crippen LogP contribution in [0.2, 0.25) is 10.0 Å². The molecule has 1 heterocycles. The third-order valence-corrected chi connectivity index (χ3v) is 3.87. The van der Waals surface area contributed by atoms with Gasteiger partial charge in [-0.1, -0.05) is 45.2 Å². The lowest BCUT2D eigenvalue weighted by molar-refractivity contribution is -0.160. The molecule has 0 aromatic heterocycles. The molecular weight excluding hydrogens is 423 g/mol. The Kier molecular flexibility index (Phi) is 7.55. The molecule has 1 aliphatic rings. The van der Waals surface area contributed by atoms with E-state index in [1.54, 1.807) is 18.2 Å². The van der Waals surface area contributed by atoms with Crippen LogP contribution >= 0.6 is 39.1 Å². The fourth-order valence-corrected chi connectivity index (χ4v) is 2.89. The summed E-state index contributed by atoms with van der Waals surface area (Å²) in [4.78, 5) is 0. The first-order chi connectivity index (χ1) is 10.1. The molecule has 1 aromatic rings. The quantitative estimate of drug-likeness (QED) is 0.557. The standard InChI is InChI=1S/C11H11BrCl2O3.CH4O3S/c12-6-11(16-5-8(4-15)17-11)9-2-1-7(13)3-10(9)14;1-5(2,3)4/h1-3,8,15H,4-6H2;1H3,(H,2,3,4). The minimum atomic E-state index is -3.67. The first-order valence-electron chi connectivity index (χ1n) is 5.98. The third kappa shape index (κ3) is 5.93. The van der Waals surface area contributed by atoms with Crippen molar-refractivity contribution in [2.24, 2.45) is 0 Å². The molecule has 0 bridgehead atoms. The highest BCUT2D eigenvalue weighted by Crippen LogP contribution is 2.40. The van der Waals surface area contributed by atoms with Gasteiger partial charge >= 0.3 is 0 Å². The zero-order valence-electron chi connectivity index (χ0n) is 11.5. The molecule has 2 atom stereocenters. The van der Waals surface area contributed by atoms with Crippen LogP contribution in [0, 0.1) is 0 Å². The maximum atomic E-state index is 9.19. The Bertz CT molecular complexity index is 604. The topological polar surface area (TPSA) is 93.1 Å². The second-order valence-corrected chi connectivity index (χ2v) is 7.35. The molecular formula is C12H15BrCl2O6S. The van der Waals surface area contributed by atoms with E-state index in [9.17, 15) is 8.42 Å². The van der Waals surface area contributed by atoms with Gasteiger partial charge in [0.05, 0.1) is 29.8 Å². The number of aliphatic hydroxyl groups excluding tert-OH is 1. The van der Waals surface area contributed by atoms with E-state index < -0.39 is 15.9 Å². The summed E-state index contributed by atoms with van der Waals surface area (Å²) in [6.07, 6.45) is 0.381. The van der Waals surface area contributed by atoms with Crippen LogP contribution in [0.15, 0.2) is 18.2 Å². The van der Waals surface area contributed by atoms with Gasteiger partial charge < -0.3 is 14.6 Å². The number of rotatable bonds is 3. The molecule has 2 unspecified atom stereocenters. The molecule has 6 nitrogen and oxygen atoms in total. The lowest BCUT2D eigenvalue weighted by atomic mass is 10.1. The average molecular weight is 438 g/mol. The van der Waals surface area contributed by atoms with Crippen molar-refractivity contribution in [3.8, 4) is 0 Å². The Labute approximate surface area is 147 Å². The minimum absolute atomic E-state index is 0.0834. The predicted octanol–water partition coefficient (Wildman–Crippen LogP) is 2.45. The van der Waals surface area contributed by atoms with Crippen molar-refractivity contribution in [3.63, 3.8) is 0 Å². The van der Waals surface area contributed by atoms with Crippen LogP contribution in [0.4, 0.5) is 0 Å². The molecule has 0 radical (unpaired) electrons. The second kappa shape index (κ2) is 8.25. The van der Waals surface area contributed by atoms with Gasteiger partial charge in [0.25, 0.3) is 10.1 Å². The predicted molar refractivity (Wildman–Crippen MR) is 87.3 cm³/mol. The van der Waals surface area contributed by atoms with Crippen LogP contribution in [-0.4, -0.2) is 49.0 Å². The van der Waals surface area contributed by atoms with Crippen molar-refractivity contribution in [2.75, 3.05) is 24.8 Å². The van der Waals surface area contributed by atoms with Gasteiger partial charge in [-0.15, -0.1) is 0 Å². The van der Waals surface area contributed by atoms with E-state index in [0.717, 1.165) is 0 Å². The van der Waals surface area contributed by atoms with Crippen molar-refractivity contribution in [2.45, 2.75) is 11.9 Å². The molecule has 1 saturated heterocycles. The molecule has 10 heteroatoms. The maximum Gasteiger partial charge on any atom is 0.261 e. The number of hydrogen-bond donors (Lipinski definition) is 2. The maximum absolute atomic E-state index is 9.19. The van der Waals surface area contributed by atoms with Crippen molar-refractivity contribution < 1.29 is 27.6 Å². The van der Waals surface area contributed by atoms with E-state index in [4.69, 9.17) is 42.3 Å². The van der Waals surface area contributed by atoms with Crippen LogP contribution in [0.25, 0.3) is 0 Å². The summed E-state index contributed by atoms with van der Waals surface area (Å²) in [5, 5.41) is 10.5. The van der Waals surface area contributed by atoms with Crippen LogP contribution in [-0.2, 0) is 25.4 Å². The van der Waals surface area contributed by atoms with Crippen molar-refractivity contribution in [1.82, 2.24) is 0 Å². The molecule has 1 aliphatic heterocycles. The Morgan fingerprint density at radius 1 is 1.45 bits per heavy atom. The summed E-state index contributed by atoms with van der Waals surface area (Å²) in [7, 11) is -3.67. The molecule has 2 N–H and O–H groups in total. The first-order valence-corrected chi connectivity index (χ1v) is 9.70. The van der Waals surface area contributed by atoms with Gasteiger partial charge in [0.2, 0.25) is 5.79 Å². The fourth-order valence-electron chi connectivity index (χ4n) is 1.74. The normalized spacial score (nSPS) is 24.7. The number of halogens is 3. The van der Waals surface area contributed by atoms with Gasteiger partial charge in [-0.25, -0.2) is 0 Å². The average Bonchev–Trinajstić information content (AvgIpc) is 2.81. The van der Waals surface area contributed by atoms with E-state index in [1.807, 2.05) is 0 Å². The zero-order valence-corrected chi connectivity index (χ0v) is 15.4. The van der Waals surface area contributed by atoms with E-state index in [1.165, 1.54) is 0 Å². The lowest BCUT2D eigenvalue weighted by Gasteiger charge is -2.27. The summed E-state index contributed by atoms with van der Waals surface area (Å²) in [6, 6.07) is 5.14. The lowest BCUT2D eigenvalue weighted by Crippen LogP contribution is -2.31. The highest BCUT2D eigenvalue weighted by Gasteiger charge is 2.43. The number of benzene rings is 1. The number of hydrogen-bond acceptors (Lipinski definition) is 5. The van der Waals surface area contributed by atoms with Gasteiger partial charge in [-0.3, -0.25) is 4.55 Å². The van der Waals surface area contributed by atoms with Gasteiger partial charge in [-0.05, 0) is 12.1 Å². The molecule has 0 spiro atoms. The van der Waals surface area contributed by atoms with Gasteiger partial charge in [-0.2, -0.15) is 8.42 Å². The molecule has 126 valence electrons. The Morgan fingerprint density at radius 3 is 2.45 bits per heavy atom. The smallest absolute Gasteiger partial charge is 0.261 e. The summed E-state index contributed by atoms with van der Waals surface area (Å²) in [6.45, 7) is 0.251. The Morgan fingerprint density at radius 2 is 2.05 bits per heavy atom.